The van der Waals surface area contributed by atoms with Crippen molar-refractivity contribution in [2.24, 2.45) is 0 Å². The number of hydrogen-bond acceptors (Lipinski definition) is 5. The van der Waals surface area contributed by atoms with Gasteiger partial charge in [-0.25, -0.2) is 0 Å². The standard InChI is InChI=1S/C22H29N3O3/c1-22(2,3)28-20(26)11-8-14-25(17-9-6-5-7-10-17)21(27)16-12-13-19(24-4)18(23)15-16/h5-7,9-10,12-13,15,24H,8,11,14,23H2,1-4H3. The SMILES string of the molecule is CNc1ccc(C(=O)N(CCCC(=O)OC(C)(C)C)c2ccccc2)cc1N. The molecule has 0 spiro atoms. The fourth-order valence-electron chi connectivity index (χ4n) is 2.81. The number of carbonyl (C=O) groups is 2. The molecule has 1 amide bonds. The molecule has 0 unspecified atom stereocenters. The van der Waals surface area contributed by atoms with Gasteiger partial charge in [-0.15, -0.1) is 0 Å². The average molecular weight is 383 g/mol. The lowest BCUT2D eigenvalue weighted by molar-refractivity contribution is -0.154. The zero-order valence-electron chi connectivity index (χ0n) is 17.0. The second kappa shape index (κ2) is 9.26. The minimum absolute atomic E-state index is 0.162. The summed E-state index contributed by atoms with van der Waals surface area (Å²) in [7, 11) is 1.78. The largest absolute Gasteiger partial charge is 0.460 e. The second-order valence-corrected chi connectivity index (χ2v) is 7.53. The van der Waals surface area contributed by atoms with Gasteiger partial charge in [0.25, 0.3) is 5.91 Å². The summed E-state index contributed by atoms with van der Waals surface area (Å²) in [6.45, 7) is 5.91. The van der Waals surface area contributed by atoms with Gasteiger partial charge in [-0.05, 0) is 57.5 Å². The van der Waals surface area contributed by atoms with Crippen LogP contribution in [0.2, 0.25) is 0 Å². The van der Waals surface area contributed by atoms with Gasteiger partial charge in [0, 0.05) is 31.3 Å². The van der Waals surface area contributed by atoms with Crippen LogP contribution in [-0.2, 0) is 9.53 Å². The van der Waals surface area contributed by atoms with E-state index >= 15 is 0 Å². The first-order valence-electron chi connectivity index (χ1n) is 9.37. The molecule has 0 aliphatic rings. The summed E-state index contributed by atoms with van der Waals surface area (Å²) in [6, 6.07) is 14.6. The van der Waals surface area contributed by atoms with E-state index in [1.54, 1.807) is 30.1 Å². The number of para-hydroxylation sites is 1. The summed E-state index contributed by atoms with van der Waals surface area (Å²) in [4.78, 5) is 26.8. The third kappa shape index (κ3) is 6.01. The van der Waals surface area contributed by atoms with E-state index in [9.17, 15) is 9.59 Å². The molecule has 6 nitrogen and oxygen atoms in total. The summed E-state index contributed by atoms with van der Waals surface area (Å²) in [5.41, 5.74) is 8.05. The van der Waals surface area contributed by atoms with Gasteiger partial charge in [-0.3, -0.25) is 9.59 Å². The topological polar surface area (TPSA) is 84.7 Å². The number of benzene rings is 2. The number of hydrogen-bond donors (Lipinski definition) is 2. The van der Waals surface area contributed by atoms with Gasteiger partial charge >= 0.3 is 5.97 Å². The van der Waals surface area contributed by atoms with E-state index < -0.39 is 5.60 Å². The van der Waals surface area contributed by atoms with Crippen molar-refractivity contribution in [3.05, 3.63) is 54.1 Å². The highest BCUT2D eigenvalue weighted by atomic mass is 16.6. The number of rotatable bonds is 7. The molecule has 28 heavy (non-hydrogen) atoms. The van der Waals surface area contributed by atoms with Crippen LogP contribution in [0.5, 0.6) is 0 Å². The lowest BCUT2D eigenvalue weighted by Gasteiger charge is -2.24. The van der Waals surface area contributed by atoms with E-state index in [1.165, 1.54) is 0 Å². The van der Waals surface area contributed by atoms with E-state index in [0.717, 1.165) is 11.4 Å². The van der Waals surface area contributed by atoms with Gasteiger partial charge in [0.15, 0.2) is 0 Å². The van der Waals surface area contributed by atoms with Gasteiger partial charge in [0.05, 0.1) is 11.4 Å². The molecule has 0 aliphatic heterocycles. The Labute approximate surface area is 166 Å². The lowest BCUT2D eigenvalue weighted by atomic mass is 10.1. The molecule has 0 saturated carbocycles. The third-order valence-electron chi connectivity index (χ3n) is 4.06. The van der Waals surface area contributed by atoms with Crippen LogP contribution in [0.15, 0.2) is 48.5 Å². The number of ether oxygens (including phenoxy) is 1. The summed E-state index contributed by atoms with van der Waals surface area (Å²) in [5.74, 6) is -0.430. The minimum Gasteiger partial charge on any atom is -0.460 e. The van der Waals surface area contributed by atoms with Crippen LogP contribution in [-0.4, -0.2) is 31.1 Å². The van der Waals surface area contributed by atoms with Crippen molar-refractivity contribution < 1.29 is 14.3 Å². The maximum absolute atomic E-state index is 13.1. The van der Waals surface area contributed by atoms with E-state index in [1.807, 2.05) is 51.1 Å². The molecule has 0 saturated heterocycles. The number of nitrogen functional groups attached to an aromatic ring is 1. The fourth-order valence-corrected chi connectivity index (χ4v) is 2.81. The molecular formula is C22H29N3O3. The van der Waals surface area contributed by atoms with Crippen molar-refractivity contribution in [1.29, 1.82) is 0 Å². The molecule has 0 heterocycles. The van der Waals surface area contributed by atoms with Crippen LogP contribution in [0.1, 0.15) is 44.0 Å². The van der Waals surface area contributed by atoms with E-state index in [-0.39, 0.29) is 18.3 Å². The van der Waals surface area contributed by atoms with Crippen LogP contribution in [0.25, 0.3) is 0 Å². The maximum atomic E-state index is 13.1. The number of nitrogens with two attached hydrogens (primary N) is 1. The molecule has 2 rings (SSSR count). The van der Waals surface area contributed by atoms with Crippen LogP contribution >= 0.6 is 0 Å². The van der Waals surface area contributed by atoms with Crippen molar-refractivity contribution in [1.82, 2.24) is 0 Å². The Morgan fingerprint density at radius 3 is 2.36 bits per heavy atom. The summed E-state index contributed by atoms with van der Waals surface area (Å²) in [6.07, 6.45) is 0.744. The molecule has 0 fully saturated rings. The fraction of sp³-hybridized carbons (Fsp3) is 0.364. The molecule has 2 aromatic carbocycles. The first-order chi connectivity index (χ1) is 13.2. The Hall–Kier alpha value is -3.02. The highest BCUT2D eigenvalue weighted by Crippen LogP contribution is 2.23. The Morgan fingerprint density at radius 1 is 1.11 bits per heavy atom. The Morgan fingerprint density at radius 2 is 1.79 bits per heavy atom. The number of carbonyl (C=O) groups excluding carboxylic acids is 2. The quantitative estimate of drug-likeness (QED) is 0.556. The summed E-state index contributed by atoms with van der Waals surface area (Å²) >= 11 is 0. The molecule has 0 bridgehead atoms. The Bertz CT molecular complexity index is 814. The predicted molar refractivity (Wildman–Crippen MR) is 114 cm³/mol. The van der Waals surface area contributed by atoms with Gasteiger partial charge in [-0.1, -0.05) is 18.2 Å². The maximum Gasteiger partial charge on any atom is 0.306 e. The van der Waals surface area contributed by atoms with Crippen molar-refractivity contribution in [3.63, 3.8) is 0 Å². The predicted octanol–water partition coefficient (Wildman–Crippen LogP) is 4.08. The smallest absolute Gasteiger partial charge is 0.306 e. The molecule has 0 atom stereocenters. The highest BCUT2D eigenvalue weighted by Gasteiger charge is 2.20. The molecular weight excluding hydrogens is 354 g/mol. The van der Waals surface area contributed by atoms with Gasteiger partial charge in [0.1, 0.15) is 5.60 Å². The molecule has 2 aromatic rings. The van der Waals surface area contributed by atoms with Gasteiger partial charge < -0.3 is 20.7 Å². The lowest BCUT2D eigenvalue weighted by Crippen LogP contribution is -2.32. The monoisotopic (exact) mass is 383 g/mol. The van der Waals surface area contributed by atoms with E-state index in [4.69, 9.17) is 10.5 Å². The van der Waals surface area contributed by atoms with Crippen LogP contribution in [0.4, 0.5) is 17.1 Å². The average Bonchev–Trinajstić information content (AvgIpc) is 2.64. The minimum atomic E-state index is -0.515. The zero-order chi connectivity index (χ0) is 20.7. The number of nitrogens with one attached hydrogen (secondary N) is 1. The second-order valence-electron chi connectivity index (χ2n) is 7.53. The van der Waals surface area contributed by atoms with E-state index in [0.29, 0.717) is 24.2 Å². The molecule has 0 aromatic heterocycles. The molecule has 6 heteroatoms. The third-order valence-corrected chi connectivity index (χ3v) is 4.06. The first-order valence-corrected chi connectivity index (χ1v) is 9.37. The van der Waals surface area contributed by atoms with Crippen molar-refractivity contribution in [3.8, 4) is 0 Å². The van der Waals surface area contributed by atoms with Gasteiger partial charge in [0.2, 0.25) is 0 Å². The van der Waals surface area contributed by atoms with Crippen LogP contribution in [0.3, 0.4) is 0 Å². The highest BCUT2D eigenvalue weighted by molar-refractivity contribution is 6.07. The van der Waals surface area contributed by atoms with E-state index in [2.05, 4.69) is 5.32 Å². The van der Waals surface area contributed by atoms with Crippen molar-refractivity contribution in [2.45, 2.75) is 39.2 Å². The van der Waals surface area contributed by atoms with Crippen molar-refractivity contribution in [2.75, 3.05) is 29.5 Å². The van der Waals surface area contributed by atoms with Gasteiger partial charge in [-0.2, -0.15) is 0 Å². The van der Waals surface area contributed by atoms with Crippen LogP contribution in [0, 0.1) is 0 Å². The number of nitrogens with zero attached hydrogens (tertiary/aromatic N) is 1. The molecule has 0 radical (unpaired) electrons. The Balaban J connectivity index is 2.15. The Kier molecular flexibility index (Phi) is 7.04. The molecule has 150 valence electrons. The number of amides is 1. The zero-order valence-corrected chi connectivity index (χ0v) is 17.0. The molecule has 0 aliphatic carbocycles. The normalized spacial score (nSPS) is 11.0. The summed E-state index contributed by atoms with van der Waals surface area (Å²) < 4.78 is 5.35. The number of esters is 1. The van der Waals surface area contributed by atoms with Crippen LogP contribution < -0.4 is 16.0 Å². The first kappa shape index (κ1) is 21.3. The summed E-state index contributed by atoms with van der Waals surface area (Å²) in [5, 5.41) is 2.99. The molecule has 3 N–H and O–H groups in total. The number of anilines is 3. The van der Waals surface area contributed by atoms with Crippen molar-refractivity contribution >= 4 is 28.9 Å².